The van der Waals surface area contributed by atoms with Crippen LogP contribution in [0.1, 0.15) is 107 Å². The van der Waals surface area contributed by atoms with Gasteiger partial charge in [0.05, 0.1) is 37.1 Å². The zero-order chi connectivity index (χ0) is 31.9. The minimum atomic E-state index is -1.24. The van der Waals surface area contributed by atoms with Crippen LogP contribution in [0.4, 0.5) is 0 Å². The number of aliphatic hydroxyl groups excluding tert-OH is 1. The molecule has 2 spiro atoms. The Hall–Kier alpha value is -0.770. The fourth-order valence-corrected chi connectivity index (χ4v) is 12.4. The molecule has 2 heterocycles. The Balaban J connectivity index is 1.19. The van der Waals surface area contributed by atoms with Gasteiger partial charge in [0.2, 0.25) is 0 Å². The molecule has 252 valence electrons. The zero-order valence-corrected chi connectivity index (χ0v) is 28.7. The summed E-state index contributed by atoms with van der Waals surface area (Å²) >= 11 is 0. The average Bonchev–Trinajstić information content (AvgIpc) is 3.63. The van der Waals surface area contributed by atoms with Crippen LogP contribution in [0, 0.1) is 51.2 Å². The van der Waals surface area contributed by atoms with Crippen molar-refractivity contribution >= 4 is 5.97 Å². The molecule has 0 bridgehead atoms. The molecule has 3 N–H and O–H groups in total. The van der Waals surface area contributed by atoms with Crippen molar-refractivity contribution < 1.29 is 34.0 Å². The first-order valence-electron chi connectivity index (χ1n) is 17.7. The van der Waals surface area contributed by atoms with E-state index in [0.29, 0.717) is 35.0 Å². The van der Waals surface area contributed by atoms with Crippen molar-refractivity contribution in [3.63, 3.8) is 0 Å². The van der Waals surface area contributed by atoms with E-state index < -0.39 is 23.8 Å². The molecule has 8 nitrogen and oxygen atoms in total. The lowest BCUT2D eigenvalue weighted by molar-refractivity contribution is -0.241. The van der Waals surface area contributed by atoms with Crippen LogP contribution in [0.3, 0.4) is 0 Å². The van der Waals surface area contributed by atoms with Gasteiger partial charge in [-0.15, -0.1) is 0 Å². The van der Waals surface area contributed by atoms with Crippen LogP contribution in [0.15, 0.2) is 0 Å². The number of carbonyl (C=O) groups is 1. The van der Waals surface area contributed by atoms with Gasteiger partial charge in [0.1, 0.15) is 0 Å². The molecular weight excluding hydrogens is 558 g/mol. The van der Waals surface area contributed by atoms with Crippen LogP contribution >= 0.6 is 0 Å². The molecule has 4 aliphatic carbocycles. The number of ether oxygens (including phenoxy) is 4. The van der Waals surface area contributed by atoms with Gasteiger partial charge in [-0.1, -0.05) is 34.6 Å². The summed E-state index contributed by atoms with van der Waals surface area (Å²) in [6, 6.07) is 0. The average molecular weight is 620 g/mol. The van der Waals surface area contributed by atoms with Gasteiger partial charge in [0, 0.05) is 20.0 Å². The van der Waals surface area contributed by atoms with Crippen molar-refractivity contribution in [2.24, 2.45) is 51.2 Å². The van der Waals surface area contributed by atoms with E-state index in [2.05, 4.69) is 39.9 Å². The second-order valence-electron chi connectivity index (χ2n) is 17.3. The molecule has 6 rings (SSSR count). The van der Waals surface area contributed by atoms with E-state index >= 15 is 0 Å². The minimum absolute atomic E-state index is 0.0388. The molecule has 2 saturated heterocycles. The molecule has 0 aromatic rings. The fourth-order valence-electron chi connectivity index (χ4n) is 12.4. The fraction of sp³-hybridized carbons (Fsp3) is 0.972. The Morgan fingerprint density at radius 1 is 1.09 bits per heavy atom. The molecular formula is C36H61NO7. The molecule has 13 atom stereocenters. The molecule has 0 radical (unpaired) electrons. The molecule has 4 saturated carbocycles. The van der Waals surface area contributed by atoms with Crippen molar-refractivity contribution in [3.05, 3.63) is 0 Å². The Morgan fingerprint density at radius 2 is 1.84 bits per heavy atom. The molecule has 2 aliphatic heterocycles. The predicted octanol–water partition coefficient (Wildman–Crippen LogP) is 5.08. The van der Waals surface area contributed by atoms with Gasteiger partial charge < -0.3 is 34.5 Å². The monoisotopic (exact) mass is 619 g/mol. The summed E-state index contributed by atoms with van der Waals surface area (Å²) in [6.07, 6.45) is 7.93. The first kappa shape index (κ1) is 33.1. The standard InChI is InChI=1S/C36H61NO7/c1-21-17-25(31(33(6,7)40)42-23(3)39)43-26(19-38)30(21)34(8)13-14-35-20-36(35)12-11-28(44-29-18-37-15-16-41-29)32(4,5)27(36)10-9-24(35)22(34)2/h21-22,24-31,37-38,40H,9-20H2,1-8H3. The van der Waals surface area contributed by atoms with E-state index in [1.165, 1.54) is 39.0 Å². The third kappa shape index (κ3) is 5.11. The summed E-state index contributed by atoms with van der Waals surface area (Å²) in [4.78, 5) is 11.9. The third-order valence-corrected chi connectivity index (χ3v) is 14.4. The van der Waals surface area contributed by atoms with Gasteiger partial charge in [-0.25, -0.2) is 0 Å². The van der Waals surface area contributed by atoms with Crippen molar-refractivity contribution in [2.45, 2.75) is 143 Å². The molecule has 6 fully saturated rings. The number of esters is 1. The lowest BCUT2D eigenvalue weighted by Gasteiger charge is -2.62. The highest BCUT2D eigenvalue weighted by Crippen LogP contribution is 2.86. The van der Waals surface area contributed by atoms with Gasteiger partial charge in [0.25, 0.3) is 0 Å². The molecule has 0 aromatic carbocycles. The van der Waals surface area contributed by atoms with Gasteiger partial charge in [-0.05, 0) is 116 Å². The highest BCUT2D eigenvalue weighted by molar-refractivity contribution is 5.66. The maximum Gasteiger partial charge on any atom is 0.303 e. The van der Waals surface area contributed by atoms with Gasteiger partial charge >= 0.3 is 5.97 Å². The van der Waals surface area contributed by atoms with Crippen molar-refractivity contribution in [3.8, 4) is 0 Å². The molecule has 0 aromatic heterocycles. The Kier molecular flexibility index (Phi) is 8.61. The van der Waals surface area contributed by atoms with Crippen LogP contribution in [-0.2, 0) is 23.7 Å². The number of morpholine rings is 1. The largest absolute Gasteiger partial charge is 0.457 e. The number of carbonyl (C=O) groups excluding carboxylic acids is 1. The molecule has 13 unspecified atom stereocenters. The second-order valence-corrected chi connectivity index (χ2v) is 17.3. The third-order valence-electron chi connectivity index (χ3n) is 14.4. The Morgan fingerprint density at radius 3 is 2.48 bits per heavy atom. The Labute approximate surface area is 265 Å². The molecule has 0 amide bonds. The van der Waals surface area contributed by atoms with E-state index in [0.717, 1.165) is 32.5 Å². The van der Waals surface area contributed by atoms with Gasteiger partial charge in [-0.3, -0.25) is 4.79 Å². The Bertz CT molecular complexity index is 1070. The van der Waals surface area contributed by atoms with Crippen molar-refractivity contribution in [1.29, 1.82) is 0 Å². The minimum Gasteiger partial charge on any atom is -0.457 e. The van der Waals surface area contributed by atoms with Crippen molar-refractivity contribution in [2.75, 3.05) is 26.3 Å². The first-order valence-corrected chi connectivity index (χ1v) is 17.7. The number of rotatable bonds is 7. The summed E-state index contributed by atoms with van der Waals surface area (Å²) in [5.41, 5.74) is -0.220. The van der Waals surface area contributed by atoms with E-state index in [-0.39, 0.29) is 47.8 Å². The van der Waals surface area contributed by atoms with E-state index in [1.54, 1.807) is 13.8 Å². The molecule has 8 heteroatoms. The zero-order valence-electron chi connectivity index (χ0n) is 28.7. The molecule has 6 aliphatic rings. The molecule has 44 heavy (non-hydrogen) atoms. The summed E-state index contributed by atoms with van der Waals surface area (Å²) in [5.74, 6) is 1.93. The second kappa shape index (κ2) is 11.4. The number of nitrogens with one attached hydrogen (secondary N) is 1. The van der Waals surface area contributed by atoms with Crippen LogP contribution in [0.25, 0.3) is 0 Å². The van der Waals surface area contributed by atoms with E-state index in [4.69, 9.17) is 18.9 Å². The lowest BCUT2D eigenvalue weighted by Crippen LogP contribution is -2.60. The summed E-state index contributed by atoms with van der Waals surface area (Å²) in [6.45, 7) is 19.3. The maximum atomic E-state index is 11.9. The first-order chi connectivity index (χ1) is 20.6. The van der Waals surface area contributed by atoms with Crippen LogP contribution in [0.2, 0.25) is 0 Å². The topological polar surface area (TPSA) is 106 Å². The number of hydrogen-bond donors (Lipinski definition) is 3. The lowest BCUT2D eigenvalue weighted by atomic mass is 9.44. The SMILES string of the molecule is CC(=O)OC(C1CC(C)C(C2(C)CCC34CC35CCC(OC3CNCCO3)C(C)(C)C5CCC4C2C)C(CO)O1)C(C)(C)O. The van der Waals surface area contributed by atoms with Crippen LogP contribution in [-0.4, -0.2) is 78.8 Å². The summed E-state index contributed by atoms with van der Waals surface area (Å²) < 4.78 is 24.9. The van der Waals surface area contributed by atoms with Crippen LogP contribution in [0.5, 0.6) is 0 Å². The van der Waals surface area contributed by atoms with E-state index in [1.807, 2.05) is 0 Å². The summed E-state index contributed by atoms with van der Waals surface area (Å²) in [7, 11) is 0. The predicted molar refractivity (Wildman–Crippen MR) is 168 cm³/mol. The van der Waals surface area contributed by atoms with Gasteiger partial charge in [0.15, 0.2) is 12.4 Å². The smallest absolute Gasteiger partial charge is 0.303 e. The number of aliphatic hydroxyl groups is 2. The van der Waals surface area contributed by atoms with E-state index in [9.17, 15) is 15.0 Å². The highest BCUT2D eigenvalue weighted by atomic mass is 16.7. The normalized spacial score (nSPS) is 49.2. The van der Waals surface area contributed by atoms with Crippen molar-refractivity contribution in [1.82, 2.24) is 5.32 Å². The summed E-state index contributed by atoms with van der Waals surface area (Å²) in [5, 5.41) is 25.0. The van der Waals surface area contributed by atoms with Gasteiger partial charge in [-0.2, -0.15) is 0 Å². The van der Waals surface area contributed by atoms with Crippen LogP contribution < -0.4 is 5.32 Å². The highest BCUT2D eigenvalue weighted by Gasteiger charge is 2.79. The number of hydrogen-bond acceptors (Lipinski definition) is 8. The quantitative estimate of drug-likeness (QED) is 0.339. The maximum absolute atomic E-state index is 11.9.